The molecule has 0 rings (SSSR count). The van der Waals surface area contributed by atoms with Gasteiger partial charge in [-0.05, 0) is 20.8 Å². The summed E-state index contributed by atoms with van der Waals surface area (Å²) in [4.78, 5) is 0. The minimum Gasteiger partial charge on any atom is -0.385 e. The lowest BCUT2D eigenvalue weighted by Crippen LogP contribution is -2.36. The first-order valence-corrected chi connectivity index (χ1v) is 5.10. The van der Waals surface area contributed by atoms with E-state index >= 15 is 0 Å². The van der Waals surface area contributed by atoms with E-state index in [0.717, 1.165) is 0 Å². The summed E-state index contributed by atoms with van der Waals surface area (Å²) in [6.07, 6.45) is 3.63. The quantitative estimate of drug-likeness (QED) is 0.495. The number of ether oxygens (including phenoxy) is 2. The van der Waals surface area contributed by atoms with E-state index in [9.17, 15) is 5.11 Å². The lowest BCUT2D eigenvalue weighted by molar-refractivity contribution is -0.0758. The van der Waals surface area contributed by atoms with Crippen molar-refractivity contribution >= 4 is 0 Å². The minimum atomic E-state index is -0.932. The van der Waals surface area contributed by atoms with Crippen molar-refractivity contribution in [3.63, 3.8) is 0 Å². The number of allylic oxidation sites excluding steroid dienone is 1. The standard InChI is InChI=1S/C12H22O3/c1-5-7-14-9-12(4,13)10-15-8-6-11(2)3/h5-6,13H,1,7-10H2,2-4H3. The second kappa shape index (κ2) is 7.63. The molecule has 88 valence electrons. The smallest absolute Gasteiger partial charge is 0.108 e. The van der Waals surface area contributed by atoms with E-state index in [-0.39, 0.29) is 13.2 Å². The lowest BCUT2D eigenvalue weighted by atomic mass is 10.1. The summed E-state index contributed by atoms with van der Waals surface area (Å²) in [5, 5.41) is 9.80. The molecule has 0 aromatic rings. The predicted molar refractivity (Wildman–Crippen MR) is 61.9 cm³/mol. The normalized spacial score (nSPS) is 14.4. The Morgan fingerprint density at radius 1 is 1.27 bits per heavy atom. The molecule has 3 heteroatoms. The molecule has 0 saturated carbocycles. The molecular weight excluding hydrogens is 192 g/mol. The van der Waals surface area contributed by atoms with Crippen molar-refractivity contribution in [3.05, 3.63) is 24.3 Å². The first-order chi connectivity index (χ1) is 6.98. The van der Waals surface area contributed by atoms with Crippen LogP contribution in [0, 0.1) is 0 Å². The third-order valence-corrected chi connectivity index (χ3v) is 1.67. The van der Waals surface area contributed by atoms with E-state index < -0.39 is 5.60 Å². The van der Waals surface area contributed by atoms with E-state index in [1.165, 1.54) is 5.57 Å². The van der Waals surface area contributed by atoms with Gasteiger partial charge >= 0.3 is 0 Å². The van der Waals surface area contributed by atoms with Crippen molar-refractivity contribution in [2.75, 3.05) is 26.4 Å². The molecule has 0 aliphatic carbocycles. The van der Waals surface area contributed by atoms with Crippen molar-refractivity contribution in [2.45, 2.75) is 26.4 Å². The molecule has 0 saturated heterocycles. The van der Waals surface area contributed by atoms with Crippen molar-refractivity contribution in [1.29, 1.82) is 0 Å². The van der Waals surface area contributed by atoms with Gasteiger partial charge in [-0.3, -0.25) is 0 Å². The molecule has 15 heavy (non-hydrogen) atoms. The average molecular weight is 214 g/mol. The van der Waals surface area contributed by atoms with Crippen LogP contribution in [0.25, 0.3) is 0 Å². The lowest BCUT2D eigenvalue weighted by Gasteiger charge is -2.22. The van der Waals surface area contributed by atoms with Crippen molar-refractivity contribution in [3.8, 4) is 0 Å². The van der Waals surface area contributed by atoms with Gasteiger partial charge < -0.3 is 14.6 Å². The maximum atomic E-state index is 9.80. The number of aliphatic hydroxyl groups is 1. The molecule has 0 amide bonds. The first kappa shape index (κ1) is 14.4. The van der Waals surface area contributed by atoms with Crippen molar-refractivity contribution in [2.24, 2.45) is 0 Å². The van der Waals surface area contributed by atoms with Crippen molar-refractivity contribution in [1.82, 2.24) is 0 Å². The number of hydrogen-bond acceptors (Lipinski definition) is 3. The fourth-order valence-corrected chi connectivity index (χ4v) is 0.908. The van der Waals surface area contributed by atoms with E-state index in [4.69, 9.17) is 9.47 Å². The Morgan fingerprint density at radius 3 is 2.27 bits per heavy atom. The Morgan fingerprint density at radius 2 is 1.80 bits per heavy atom. The molecule has 1 atom stereocenters. The third kappa shape index (κ3) is 9.66. The largest absolute Gasteiger partial charge is 0.385 e. The number of rotatable bonds is 8. The Hall–Kier alpha value is -0.640. The Kier molecular flexibility index (Phi) is 7.30. The fourth-order valence-electron chi connectivity index (χ4n) is 0.908. The summed E-state index contributed by atoms with van der Waals surface area (Å²) in [5.41, 5.74) is 0.274. The van der Waals surface area contributed by atoms with E-state index in [1.807, 2.05) is 19.9 Å². The molecule has 0 radical (unpaired) electrons. The van der Waals surface area contributed by atoms with Crippen LogP contribution in [0.2, 0.25) is 0 Å². The summed E-state index contributed by atoms with van der Waals surface area (Å²) in [7, 11) is 0. The van der Waals surface area contributed by atoms with Crippen LogP contribution in [0.1, 0.15) is 20.8 Å². The highest BCUT2D eigenvalue weighted by Gasteiger charge is 2.20. The van der Waals surface area contributed by atoms with Gasteiger partial charge in [0, 0.05) is 0 Å². The molecule has 0 spiro atoms. The summed E-state index contributed by atoms with van der Waals surface area (Å²) < 4.78 is 10.5. The van der Waals surface area contributed by atoms with Gasteiger partial charge in [-0.15, -0.1) is 6.58 Å². The zero-order chi connectivity index (χ0) is 11.7. The van der Waals surface area contributed by atoms with Gasteiger partial charge in [-0.2, -0.15) is 0 Å². The molecule has 0 aromatic carbocycles. The summed E-state index contributed by atoms with van der Waals surface area (Å²) in [6.45, 7) is 10.7. The van der Waals surface area contributed by atoms with Gasteiger partial charge in [0.1, 0.15) is 5.60 Å². The van der Waals surface area contributed by atoms with Crippen LogP contribution < -0.4 is 0 Å². The highest BCUT2D eigenvalue weighted by atomic mass is 16.5. The van der Waals surface area contributed by atoms with E-state index in [0.29, 0.717) is 13.2 Å². The third-order valence-electron chi connectivity index (χ3n) is 1.67. The van der Waals surface area contributed by atoms with Gasteiger partial charge in [0.05, 0.1) is 26.4 Å². The number of hydrogen-bond donors (Lipinski definition) is 1. The first-order valence-electron chi connectivity index (χ1n) is 5.10. The Labute approximate surface area is 92.4 Å². The van der Waals surface area contributed by atoms with Crippen LogP contribution in [0.15, 0.2) is 24.3 Å². The fraction of sp³-hybridized carbons (Fsp3) is 0.667. The van der Waals surface area contributed by atoms with Crippen molar-refractivity contribution < 1.29 is 14.6 Å². The van der Waals surface area contributed by atoms with Crippen LogP contribution in [-0.2, 0) is 9.47 Å². The minimum absolute atomic E-state index is 0.258. The van der Waals surface area contributed by atoms with Crippen LogP contribution in [0.5, 0.6) is 0 Å². The molecule has 0 heterocycles. The van der Waals surface area contributed by atoms with Gasteiger partial charge in [0.15, 0.2) is 0 Å². The second-order valence-corrected chi connectivity index (χ2v) is 4.10. The zero-order valence-electron chi connectivity index (χ0n) is 9.95. The van der Waals surface area contributed by atoms with E-state index in [1.54, 1.807) is 13.0 Å². The highest BCUT2D eigenvalue weighted by Crippen LogP contribution is 2.05. The predicted octanol–water partition coefficient (Wildman–Crippen LogP) is 1.92. The maximum Gasteiger partial charge on any atom is 0.108 e. The van der Waals surface area contributed by atoms with Gasteiger partial charge in [0.25, 0.3) is 0 Å². The zero-order valence-corrected chi connectivity index (χ0v) is 9.95. The molecule has 0 aliphatic rings. The molecule has 0 aliphatic heterocycles. The van der Waals surface area contributed by atoms with Crippen LogP contribution in [0.3, 0.4) is 0 Å². The molecule has 0 fully saturated rings. The topological polar surface area (TPSA) is 38.7 Å². The average Bonchev–Trinajstić information content (AvgIpc) is 2.13. The molecular formula is C12H22O3. The molecule has 0 aromatic heterocycles. The summed E-state index contributed by atoms with van der Waals surface area (Å²) >= 11 is 0. The molecule has 3 nitrogen and oxygen atoms in total. The Bertz CT molecular complexity index is 203. The van der Waals surface area contributed by atoms with Crippen LogP contribution in [0.4, 0.5) is 0 Å². The monoisotopic (exact) mass is 214 g/mol. The molecule has 1 N–H and O–H groups in total. The van der Waals surface area contributed by atoms with Crippen LogP contribution in [-0.4, -0.2) is 37.1 Å². The Balaban J connectivity index is 3.63. The highest BCUT2D eigenvalue weighted by molar-refractivity contribution is 4.92. The van der Waals surface area contributed by atoms with Crippen LogP contribution >= 0.6 is 0 Å². The van der Waals surface area contributed by atoms with E-state index in [2.05, 4.69) is 6.58 Å². The molecule has 1 unspecified atom stereocenters. The molecule has 0 bridgehead atoms. The summed E-state index contributed by atoms with van der Waals surface area (Å²) in [5.74, 6) is 0. The maximum absolute atomic E-state index is 9.80. The summed E-state index contributed by atoms with van der Waals surface area (Å²) in [6, 6.07) is 0. The SMILES string of the molecule is C=CCOCC(C)(O)COCC=C(C)C. The van der Waals surface area contributed by atoms with Gasteiger partial charge in [-0.1, -0.05) is 17.7 Å². The van der Waals surface area contributed by atoms with Gasteiger partial charge in [0.2, 0.25) is 0 Å². The van der Waals surface area contributed by atoms with Gasteiger partial charge in [-0.25, -0.2) is 0 Å². The second-order valence-electron chi connectivity index (χ2n) is 4.10.